The van der Waals surface area contributed by atoms with Gasteiger partial charge in [0.05, 0.1) is 13.2 Å². The van der Waals surface area contributed by atoms with E-state index in [1.807, 2.05) is 11.8 Å². The molecule has 2 aliphatic rings. The highest BCUT2D eigenvalue weighted by Crippen LogP contribution is 2.42. The van der Waals surface area contributed by atoms with Crippen LogP contribution < -0.4 is 5.32 Å². The van der Waals surface area contributed by atoms with E-state index in [0.717, 1.165) is 25.7 Å². The Bertz CT molecular complexity index is 385. The van der Waals surface area contributed by atoms with Crippen molar-refractivity contribution in [2.45, 2.75) is 18.4 Å². The van der Waals surface area contributed by atoms with E-state index in [4.69, 9.17) is 4.74 Å². The van der Waals surface area contributed by atoms with Gasteiger partial charge in [0, 0.05) is 6.54 Å². The second-order valence-electron chi connectivity index (χ2n) is 4.77. The fourth-order valence-corrected chi connectivity index (χ4v) is 3.82. The molecule has 1 aromatic rings. The molecule has 0 aromatic heterocycles. The monoisotopic (exact) mass is 235 g/mol. The quantitative estimate of drug-likeness (QED) is 0.746. The van der Waals surface area contributed by atoms with Gasteiger partial charge in [0.15, 0.2) is 0 Å². The van der Waals surface area contributed by atoms with E-state index in [1.165, 1.54) is 16.9 Å². The van der Waals surface area contributed by atoms with Gasteiger partial charge in [-0.3, -0.25) is 5.32 Å². The molecule has 1 spiro atoms. The van der Waals surface area contributed by atoms with Crippen molar-refractivity contribution in [2.75, 3.05) is 18.9 Å². The molecular weight excluding hydrogens is 218 g/mol. The summed E-state index contributed by atoms with van der Waals surface area (Å²) in [6.07, 6.45) is 0. The number of thioether (sulfide) groups is 1. The van der Waals surface area contributed by atoms with E-state index in [0.29, 0.717) is 0 Å². The van der Waals surface area contributed by atoms with Crippen molar-refractivity contribution in [1.82, 2.24) is 5.32 Å². The topological polar surface area (TPSA) is 21.3 Å². The van der Waals surface area contributed by atoms with Gasteiger partial charge >= 0.3 is 0 Å². The van der Waals surface area contributed by atoms with Crippen LogP contribution in [0.5, 0.6) is 0 Å². The first kappa shape index (κ1) is 10.6. The molecule has 0 saturated carbocycles. The summed E-state index contributed by atoms with van der Waals surface area (Å²) in [5, 5.41) is 3.68. The minimum atomic E-state index is 0.0152. The zero-order chi connectivity index (χ0) is 11.0. The maximum atomic E-state index is 5.74. The van der Waals surface area contributed by atoms with E-state index in [-0.39, 0.29) is 4.87 Å². The molecule has 1 N–H and O–H groups in total. The average molecular weight is 235 g/mol. The van der Waals surface area contributed by atoms with Crippen molar-refractivity contribution in [3.05, 3.63) is 35.4 Å². The lowest BCUT2D eigenvalue weighted by molar-refractivity contribution is 0.0680. The van der Waals surface area contributed by atoms with Crippen LogP contribution in [0, 0.1) is 5.92 Å². The van der Waals surface area contributed by atoms with E-state index >= 15 is 0 Å². The van der Waals surface area contributed by atoms with Crippen LogP contribution in [0.2, 0.25) is 0 Å². The first-order valence-electron chi connectivity index (χ1n) is 5.85. The van der Waals surface area contributed by atoms with Crippen LogP contribution >= 0.6 is 11.8 Å². The minimum absolute atomic E-state index is 0.0152. The molecule has 3 heteroatoms. The van der Waals surface area contributed by atoms with Gasteiger partial charge in [0.1, 0.15) is 4.87 Å². The van der Waals surface area contributed by atoms with E-state index in [9.17, 15) is 0 Å². The molecule has 3 rings (SSSR count). The maximum absolute atomic E-state index is 5.74. The second kappa shape index (κ2) is 4.06. The number of hydrogen-bond acceptors (Lipinski definition) is 3. The van der Waals surface area contributed by atoms with Crippen molar-refractivity contribution in [2.24, 2.45) is 5.92 Å². The molecule has 0 bridgehead atoms. The minimum Gasteiger partial charge on any atom is -0.374 e. The standard InChI is InChI=1S/C13H17NOS/c1-10-6-14-13(16-8-10)9-15-7-11-4-2-3-5-12(11)13/h2-5,10,14H,6-9H2,1H3. The fraction of sp³-hybridized carbons (Fsp3) is 0.538. The van der Waals surface area contributed by atoms with Gasteiger partial charge in [-0.1, -0.05) is 31.2 Å². The SMILES string of the molecule is CC1CNC2(COCc3ccccc32)SC1. The molecular formula is C13H17NOS. The molecule has 2 unspecified atom stereocenters. The van der Waals surface area contributed by atoms with Crippen LogP contribution in [0.4, 0.5) is 0 Å². The summed E-state index contributed by atoms with van der Waals surface area (Å²) in [6, 6.07) is 8.65. The lowest BCUT2D eigenvalue weighted by Crippen LogP contribution is -2.51. The summed E-state index contributed by atoms with van der Waals surface area (Å²) in [7, 11) is 0. The first-order valence-corrected chi connectivity index (χ1v) is 6.84. The molecule has 1 aromatic carbocycles. The molecule has 2 heterocycles. The fourth-order valence-electron chi connectivity index (χ4n) is 2.42. The summed E-state index contributed by atoms with van der Waals surface area (Å²) in [4.78, 5) is 0.0152. The zero-order valence-corrected chi connectivity index (χ0v) is 10.3. The Morgan fingerprint density at radius 3 is 3.12 bits per heavy atom. The second-order valence-corrected chi connectivity index (χ2v) is 6.09. The molecule has 0 aliphatic carbocycles. The van der Waals surface area contributed by atoms with Crippen molar-refractivity contribution >= 4 is 11.8 Å². The Hall–Kier alpha value is -0.510. The average Bonchev–Trinajstić information content (AvgIpc) is 2.34. The lowest BCUT2D eigenvalue weighted by atomic mass is 9.97. The normalized spacial score (nSPS) is 33.7. The molecule has 0 radical (unpaired) electrons. The number of hydrogen-bond donors (Lipinski definition) is 1. The van der Waals surface area contributed by atoms with Gasteiger partial charge in [-0.25, -0.2) is 0 Å². The summed E-state index contributed by atoms with van der Waals surface area (Å²) < 4.78 is 5.74. The molecule has 86 valence electrons. The molecule has 2 nitrogen and oxygen atoms in total. The molecule has 0 amide bonds. The van der Waals surface area contributed by atoms with Crippen molar-refractivity contribution < 1.29 is 4.74 Å². The van der Waals surface area contributed by atoms with Gasteiger partial charge in [-0.05, 0) is 22.8 Å². The number of rotatable bonds is 0. The number of fused-ring (bicyclic) bond motifs is 2. The van der Waals surface area contributed by atoms with Crippen molar-refractivity contribution in [1.29, 1.82) is 0 Å². The number of benzene rings is 1. The largest absolute Gasteiger partial charge is 0.374 e. The Morgan fingerprint density at radius 2 is 2.31 bits per heavy atom. The van der Waals surface area contributed by atoms with Gasteiger partial charge in [-0.15, -0.1) is 11.8 Å². The molecule has 2 aliphatic heterocycles. The Labute approximate surface area is 101 Å². The summed E-state index contributed by atoms with van der Waals surface area (Å²) in [5.74, 6) is 1.97. The summed E-state index contributed by atoms with van der Waals surface area (Å²) >= 11 is 2.00. The van der Waals surface area contributed by atoms with Crippen molar-refractivity contribution in [3.63, 3.8) is 0 Å². The molecule has 16 heavy (non-hydrogen) atoms. The molecule has 2 atom stereocenters. The van der Waals surface area contributed by atoms with Crippen molar-refractivity contribution in [3.8, 4) is 0 Å². The summed E-state index contributed by atoms with van der Waals surface area (Å²) in [6.45, 7) is 4.93. The third-order valence-electron chi connectivity index (χ3n) is 3.37. The predicted octanol–water partition coefficient (Wildman–Crippen LogP) is 2.34. The first-order chi connectivity index (χ1) is 7.80. The van der Waals surface area contributed by atoms with E-state index < -0.39 is 0 Å². The molecule has 1 saturated heterocycles. The van der Waals surface area contributed by atoms with Crippen LogP contribution in [-0.4, -0.2) is 18.9 Å². The van der Waals surface area contributed by atoms with Crippen LogP contribution in [0.3, 0.4) is 0 Å². The molecule has 1 fully saturated rings. The highest BCUT2D eigenvalue weighted by Gasteiger charge is 2.40. The zero-order valence-electron chi connectivity index (χ0n) is 9.53. The Balaban J connectivity index is 1.97. The van der Waals surface area contributed by atoms with Crippen LogP contribution in [0.15, 0.2) is 24.3 Å². The van der Waals surface area contributed by atoms with Gasteiger partial charge in [0.2, 0.25) is 0 Å². The third kappa shape index (κ3) is 1.67. The van der Waals surface area contributed by atoms with Gasteiger partial charge < -0.3 is 4.74 Å². The number of nitrogens with one attached hydrogen (secondary N) is 1. The number of ether oxygens (including phenoxy) is 1. The van der Waals surface area contributed by atoms with E-state index in [1.54, 1.807) is 0 Å². The highest BCUT2D eigenvalue weighted by atomic mass is 32.2. The third-order valence-corrected chi connectivity index (χ3v) is 5.08. The van der Waals surface area contributed by atoms with E-state index in [2.05, 4.69) is 36.5 Å². The van der Waals surface area contributed by atoms with Crippen LogP contribution in [-0.2, 0) is 16.2 Å². The Kier molecular flexibility index (Phi) is 2.70. The van der Waals surface area contributed by atoms with Crippen LogP contribution in [0.25, 0.3) is 0 Å². The maximum Gasteiger partial charge on any atom is 0.114 e. The van der Waals surface area contributed by atoms with Gasteiger partial charge in [0.25, 0.3) is 0 Å². The summed E-state index contributed by atoms with van der Waals surface area (Å²) in [5.41, 5.74) is 2.77. The predicted molar refractivity (Wildman–Crippen MR) is 67.4 cm³/mol. The highest BCUT2D eigenvalue weighted by molar-refractivity contribution is 8.00. The lowest BCUT2D eigenvalue weighted by Gasteiger charge is -2.43. The van der Waals surface area contributed by atoms with Gasteiger partial charge in [-0.2, -0.15) is 0 Å². The van der Waals surface area contributed by atoms with Crippen LogP contribution in [0.1, 0.15) is 18.1 Å². The smallest absolute Gasteiger partial charge is 0.114 e. The Morgan fingerprint density at radius 1 is 1.44 bits per heavy atom.